The summed E-state index contributed by atoms with van der Waals surface area (Å²) in [5, 5.41) is 0. The minimum absolute atomic E-state index is 0.208. The monoisotopic (exact) mass is 349 g/mol. The number of alkyl halides is 2. The van der Waals surface area contributed by atoms with Crippen LogP contribution < -0.4 is 9.64 Å². The third kappa shape index (κ3) is 7.55. The van der Waals surface area contributed by atoms with Gasteiger partial charge in [0, 0.05) is 19.8 Å². The fourth-order valence-electron chi connectivity index (χ4n) is 2.19. The number of hydrogen-bond donors (Lipinski definition) is 0. The Kier molecular flexibility index (Phi) is 8.39. The van der Waals surface area contributed by atoms with Gasteiger partial charge < -0.3 is 9.64 Å². The van der Waals surface area contributed by atoms with Crippen molar-refractivity contribution in [2.24, 2.45) is 0 Å². The number of benzene rings is 2. The Bertz CT molecular complexity index is 578. The van der Waals surface area contributed by atoms with Crippen molar-refractivity contribution in [3.05, 3.63) is 59.7 Å². The predicted molar refractivity (Wildman–Crippen MR) is 102 cm³/mol. The van der Waals surface area contributed by atoms with Crippen LogP contribution in [0.25, 0.3) is 0 Å². The smallest absolute Gasteiger partial charge is 0.387 e. The maximum atomic E-state index is 11.8. The van der Waals surface area contributed by atoms with Crippen LogP contribution in [0.15, 0.2) is 48.5 Å². The van der Waals surface area contributed by atoms with Gasteiger partial charge in [0.25, 0.3) is 0 Å². The van der Waals surface area contributed by atoms with E-state index in [0.29, 0.717) is 11.8 Å². The average molecular weight is 349 g/mol. The molecule has 0 heterocycles. The van der Waals surface area contributed by atoms with Gasteiger partial charge in [-0.3, -0.25) is 0 Å². The Labute approximate surface area is 150 Å². The fraction of sp³-hybridized carbons (Fsp3) is 0.429. The van der Waals surface area contributed by atoms with Gasteiger partial charge in [0.2, 0.25) is 0 Å². The molecule has 0 saturated carbocycles. The van der Waals surface area contributed by atoms with E-state index in [9.17, 15) is 8.78 Å². The molecule has 0 aliphatic carbocycles. The van der Waals surface area contributed by atoms with E-state index in [1.807, 2.05) is 13.8 Å². The van der Waals surface area contributed by atoms with Gasteiger partial charge in [0.15, 0.2) is 0 Å². The number of ether oxygens (including phenoxy) is 1. The van der Waals surface area contributed by atoms with Gasteiger partial charge in [-0.05, 0) is 47.2 Å². The Hall–Kier alpha value is -2.10. The van der Waals surface area contributed by atoms with Gasteiger partial charge in [-0.15, -0.1) is 0 Å². The van der Waals surface area contributed by atoms with Crippen molar-refractivity contribution in [3.8, 4) is 5.75 Å². The van der Waals surface area contributed by atoms with Gasteiger partial charge in [0.1, 0.15) is 5.75 Å². The van der Waals surface area contributed by atoms with E-state index < -0.39 is 6.61 Å². The van der Waals surface area contributed by atoms with Crippen LogP contribution in [0.2, 0.25) is 0 Å². The lowest BCUT2D eigenvalue weighted by atomic mass is 10.0. The Morgan fingerprint density at radius 2 is 1.12 bits per heavy atom. The van der Waals surface area contributed by atoms with Crippen molar-refractivity contribution in [3.63, 3.8) is 0 Å². The van der Waals surface area contributed by atoms with E-state index >= 15 is 0 Å². The second kappa shape index (κ2) is 10.0. The van der Waals surface area contributed by atoms with E-state index in [0.717, 1.165) is 5.56 Å². The third-order valence-electron chi connectivity index (χ3n) is 3.85. The van der Waals surface area contributed by atoms with Crippen LogP contribution in [0.5, 0.6) is 5.75 Å². The summed E-state index contributed by atoms with van der Waals surface area (Å²) in [7, 11) is 4.12. The summed E-state index contributed by atoms with van der Waals surface area (Å²) in [6.07, 6.45) is 0. The second-order valence-corrected chi connectivity index (χ2v) is 6.74. The fourth-order valence-corrected chi connectivity index (χ4v) is 2.19. The van der Waals surface area contributed by atoms with Crippen LogP contribution in [0.3, 0.4) is 0 Å². The molecular weight excluding hydrogens is 320 g/mol. The molecule has 0 spiro atoms. The zero-order valence-corrected chi connectivity index (χ0v) is 16.0. The van der Waals surface area contributed by atoms with Crippen LogP contribution in [0.1, 0.15) is 50.7 Å². The topological polar surface area (TPSA) is 12.5 Å². The largest absolute Gasteiger partial charge is 0.435 e. The number of anilines is 1. The number of hydrogen-bond acceptors (Lipinski definition) is 2. The molecule has 4 heteroatoms. The zero-order chi connectivity index (χ0) is 19.0. The van der Waals surface area contributed by atoms with Crippen LogP contribution in [-0.4, -0.2) is 20.7 Å². The molecule has 0 atom stereocenters. The van der Waals surface area contributed by atoms with Gasteiger partial charge >= 0.3 is 6.61 Å². The summed E-state index contributed by atoms with van der Waals surface area (Å²) in [6.45, 7) is 5.77. The molecule has 0 bridgehead atoms. The molecule has 0 aromatic heterocycles. The van der Waals surface area contributed by atoms with Crippen molar-refractivity contribution in [2.75, 3.05) is 19.0 Å². The van der Waals surface area contributed by atoms with E-state index in [-0.39, 0.29) is 5.75 Å². The zero-order valence-electron chi connectivity index (χ0n) is 16.0. The first kappa shape index (κ1) is 20.9. The Morgan fingerprint density at radius 3 is 1.44 bits per heavy atom. The first-order chi connectivity index (χ1) is 11.7. The minimum Gasteiger partial charge on any atom is -0.435 e. The highest BCUT2D eigenvalue weighted by Crippen LogP contribution is 2.20. The summed E-state index contributed by atoms with van der Waals surface area (Å²) < 4.78 is 27.7. The molecule has 25 heavy (non-hydrogen) atoms. The molecule has 0 amide bonds. The molecule has 0 fully saturated rings. The van der Waals surface area contributed by atoms with Crippen LogP contribution in [0, 0.1) is 0 Å². The summed E-state index contributed by atoms with van der Waals surface area (Å²) in [5.74, 6) is 1.24. The molecule has 0 aliphatic heterocycles. The molecule has 138 valence electrons. The van der Waals surface area contributed by atoms with Crippen LogP contribution in [-0.2, 0) is 0 Å². The molecular formula is C21H29F2NO. The highest BCUT2D eigenvalue weighted by molar-refractivity contribution is 5.46. The first-order valence-corrected chi connectivity index (χ1v) is 8.52. The summed E-state index contributed by atoms with van der Waals surface area (Å²) in [6, 6.07) is 15.4. The predicted octanol–water partition coefficient (Wildman–Crippen LogP) is 6.29. The quantitative estimate of drug-likeness (QED) is 0.629. The maximum absolute atomic E-state index is 11.8. The van der Waals surface area contributed by atoms with Crippen molar-refractivity contribution >= 4 is 5.69 Å². The van der Waals surface area contributed by atoms with Crippen molar-refractivity contribution in [1.82, 2.24) is 0 Å². The molecule has 0 unspecified atom stereocenters. The highest BCUT2D eigenvalue weighted by atomic mass is 19.3. The second-order valence-electron chi connectivity index (χ2n) is 6.74. The Morgan fingerprint density at radius 1 is 0.720 bits per heavy atom. The number of rotatable bonds is 5. The van der Waals surface area contributed by atoms with Crippen LogP contribution >= 0.6 is 0 Å². The lowest BCUT2D eigenvalue weighted by molar-refractivity contribution is -0.0498. The van der Waals surface area contributed by atoms with E-state index in [4.69, 9.17) is 0 Å². The molecule has 2 nitrogen and oxygen atoms in total. The van der Waals surface area contributed by atoms with Gasteiger partial charge in [0.05, 0.1) is 0 Å². The standard InChI is InChI=1S/C11H17N.C10H12F2O/c1-9(2)10-5-7-11(8-6-10)12(3)4;1-7(2)8-3-5-9(6-4-8)13-10(11)12/h5-9H,1-4H3;3-7,10H,1-2H3. The summed E-state index contributed by atoms with van der Waals surface area (Å²) in [5.41, 5.74) is 3.78. The van der Waals surface area contributed by atoms with Crippen LogP contribution in [0.4, 0.5) is 14.5 Å². The number of nitrogens with zero attached hydrogens (tertiary/aromatic N) is 1. The van der Waals surface area contributed by atoms with Gasteiger partial charge in [-0.1, -0.05) is 52.0 Å². The van der Waals surface area contributed by atoms with Gasteiger partial charge in [-0.2, -0.15) is 8.78 Å². The summed E-state index contributed by atoms with van der Waals surface area (Å²) in [4.78, 5) is 2.12. The normalized spacial score (nSPS) is 10.7. The first-order valence-electron chi connectivity index (χ1n) is 8.52. The minimum atomic E-state index is -2.75. The SMILES string of the molecule is CC(C)c1ccc(N(C)C)cc1.CC(C)c1ccc(OC(F)F)cc1. The summed E-state index contributed by atoms with van der Waals surface area (Å²) >= 11 is 0. The maximum Gasteiger partial charge on any atom is 0.387 e. The molecule has 0 radical (unpaired) electrons. The molecule has 2 rings (SSSR count). The highest BCUT2D eigenvalue weighted by Gasteiger charge is 2.04. The van der Waals surface area contributed by atoms with Gasteiger partial charge in [-0.25, -0.2) is 0 Å². The molecule has 2 aromatic rings. The van der Waals surface area contributed by atoms with Crippen molar-refractivity contribution < 1.29 is 13.5 Å². The van der Waals surface area contributed by atoms with E-state index in [1.165, 1.54) is 11.3 Å². The molecule has 0 saturated heterocycles. The lowest BCUT2D eigenvalue weighted by Gasteiger charge is -2.13. The average Bonchev–Trinajstić information content (AvgIpc) is 2.55. The van der Waals surface area contributed by atoms with E-state index in [2.05, 4.69) is 61.8 Å². The molecule has 2 aromatic carbocycles. The lowest BCUT2D eigenvalue weighted by Crippen LogP contribution is -2.08. The number of halogens is 2. The Balaban J connectivity index is 0.000000251. The van der Waals surface area contributed by atoms with Crippen molar-refractivity contribution in [2.45, 2.75) is 46.1 Å². The molecule has 0 N–H and O–H groups in total. The molecule has 0 aliphatic rings. The van der Waals surface area contributed by atoms with Crippen molar-refractivity contribution in [1.29, 1.82) is 0 Å². The third-order valence-corrected chi connectivity index (χ3v) is 3.85. The van der Waals surface area contributed by atoms with E-state index in [1.54, 1.807) is 24.3 Å².